The Morgan fingerprint density at radius 1 is 1.33 bits per heavy atom. The zero-order valence-corrected chi connectivity index (χ0v) is 9.08. The molecule has 0 fully saturated rings. The van der Waals surface area contributed by atoms with Gasteiger partial charge in [-0.05, 0) is 25.0 Å². The minimum Gasteiger partial charge on any atom is -0.508 e. The topological polar surface area (TPSA) is 46.3 Å². The molecule has 0 amide bonds. The van der Waals surface area contributed by atoms with E-state index in [2.05, 4.69) is 12.1 Å². The van der Waals surface area contributed by atoms with Gasteiger partial charge in [0.25, 0.3) is 0 Å². The van der Waals surface area contributed by atoms with Gasteiger partial charge in [0.15, 0.2) is 5.58 Å². The minimum absolute atomic E-state index is 0.308. The Morgan fingerprint density at radius 2 is 2.13 bits per heavy atom. The first kappa shape index (κ1) is 10.0. The molecule has 15 heavy (non-hydrogen) atoms. The Labute approximate surface area is 88.7 Å². The van der Waals surface area contributed by atoms with E-state index in [-0.39, 0.29) is 0 Å². The fourth-order valence-electron chi connectivity index (χ4n) is 1.85. The van der Waals surface area contributed by atoms with E-state index >= 15 is 0 Å². The van der Waals surface area contributed by atoms with E-state index in [9.17, 15) is 5.11 Å². The molecule has 1 aromatic carbocycles. The third-order valence-electron chi connectivity index (χ3n) is 2.63. The van der Waals surface area contributed by atoms with Crippen LogP contribution in [0.3, 0.4) is 0 Å². The van der Waals surface area contributed by atoms with Crippen molar-refractivity contribution in [2.45, 2.75) is 33.1 Å². The summed E-state index contributed by atoms with van der Waals surface area (Å²) in [6, 6.07) is 3.60. The molecule has 0 aliphatic heterocycles. The third-order valence-corrected chi connectivity index (χ3v) is 2.63. The van der Waals surface area contributed by atoms with Gasteiger partial charge in [-0.2, -0.15) is 0 Å². The lowest BCUT2D eigenvalue weighted by molar-refractivity contribution is 0.436. The van der Waals surface area contributed by atoms with Gasteiger partial charge in [0.05, 0.1) is 5.69 Å². The largest absolute Gasteiger partial charge is 0.508 e. The van der Waals surface area contributed by atoms with E-state index in [0.29, 0.717) is 5.75 Å². The van der Waals surface area contributed by atoms with Crippen LogP contribution in [0.4, 0.5) is 0 Å². The molecule has 0 radical (unpaired) electrons. The number of nitrogens with zero attached hydrogens (tertiary/aromatic N) is 1. The average Bonchev–Trinajstić information content (AvgIpc) is 2.65. The van der Waals surface area contributed by atoms with Gasteiger partial charge < -0.3 is 9.63 Å². The molecule has 0 aliphatic rings. The van der Waals surface area contributed by atoms with Crippen LogP contribution in [-0.2, 0) is 12.8 Å². The molecule has 0 unspecified atom stereocenters. The maximum absolute atomic E-state index is 9.73. The molecule has 80 valence electrons. The first-order valence-electron chi connectivity index (χ1n) is 5.37. The molecule has 3 heteroatoms. The van der Waals surface area contributed by atoms with Crippen LogP contribution in [0, 0.1) is 0 Å². The average molecular weight is 205 g/mol. The van der Waals surface area contributed by atoms with Crippen molar-refractivity contribution in [1.82, 2.24) is 5.16 Å². The van der Waals surface area contributed by atoms with E-state index in [4.69, 9.17) is 4.52 Å². The van der Waals surface area contributed by atoms with Crippen LogP contribution in [0.25, 0.3) is 11.0 Å². The summed E-state index contributed by atoms with van der Waals surface area (Å²) in [5.41, 5.74) is 2.58. The molecule has 0 saturated heterocycles. The van der Waals surface area contributed by atoms with Crippen molar-refractivity contribution in [2.75, 3.05) is 0 Å². The SMILES string of the molecule is CCCc1c(O)ccc2c(CC)noc12. The monoisotopic (exact) mass is 205 g/mol. The molecular weight excluding hydrogens is 190 g/mol. The number of fused-ring (bicyclic) bond motifs is 1. The first-order chi connectivity index (χ1) is 7.27. The van der Waals surface area contributed by atoms with Crippen LogP contribution >= 0.6 is 0 Å². The summed E-state index contributed by atoms with van der Waals surface area (Å²) >= 11 is 0. The van der Waals surface area contributed by atoms with Crippen molar-refractivity contribution < 1.29 is 9.63 Å². The van der Waals surface area contributed by atoms with E-state index in [1.54, 1.807) is 6.07 Å². The fourth-order valence-corrected chi connectivity index (χ4v) is 1.85. The lowest BCUT2D eigenvalue weighted by Gasteiger charge is -2.02. The van der Waals surface area contributed by atoms with Gasteiger partial charge in [-0.1, -0.05) is 25.4 Å². The number of aryl methyl sites for hydroxylation is 2. The van der Waals surface area contributed by atoms with Crippen LogP contribution in [0.1, 0.15) is 31.5 Å². The van der Waals surface area contributed by atoms with Gasteiger partial charge in [-0.3, -0.25) is 0 Å². The molecule has 1 heterocycles. The minimum atomic E-state index is 0.308. The number of aromatic hydroxyl groups is 1. The molecule has 0 bridgehead atoms. The molecule has 0 saturated carbocycles. The quantitative estimate of drug-likeness (QED) is 0.837. The predicted octanol–water partition coefficient (Wildman–Crippen LogP) is 3.05. The van der Waals surface area contributed by atoms with Crippen molar-refractivity contribution in [3.63, 3.8) is 0 Å². The second kappa shape index (κ2) is 3.93. The molecule has 0 atom stereocenters. The van der Waals surface area contributed by atoms with Crippen LogP contribution in [-0.4, -0.2) is 10.3 Å². The van der Waals surface area contributed by atoms with Gasteiger partial charge >= 0.3 is 0 Å². The Balaban J connectivity index is 2.66. The van der Waals surface area contributed by atoms with E-state index in [1.807, 2.05) is 13.0 Å². The van der Waals surface area contributed by atoms with Crippen LogP contribution in [0.15, 0.2) is 16.7 Å². The van der Waals surface area contributed by atoms with E-state index in [0.717, 1.165) is 41.5 Å². The highest BCUT2D eigenvalue weighted by atomic mass is 16.5. The first-order valence-corrected chi connectivity index (χ1v) is 5.37. The Bertz CT molecular complexity index is 474. The van der Waals surface area contributed by atoms with Crippen molar-refractivity contribution in [3.8, 4) is 5.75 Å². The Morgan fingerprint density at radius 3 is 2.80 bits per heavy atom. The number of hydrogen-bond donors (Lipinski definition) is 1. The van der Waals surface area contributed by atoms with E-state index in [1.165, 1.54) is 0 Å². The smallest absolute Gasteiger partial charge is 0.174 e. The standard InChI is InChI=1S/C12H15NO2/c1-3-5-9-11(14)7-6-8-10(4-2)13-15-12(8)9/h6-7,14H,3-5H2,1-2H3. The van der Waals surface area contributed by atoms with E-state index < -0.39 is 0 Å². The molecule has 3 nitrogen and oxygen atoms in total. The number of aromatic nitrogens is 1. The van der Waals surface area contributed by atoms with Gasteiger partial charge in [0, 0.05) is 10.9 Å². The zero-order valence-electron chi connectivity index (χ0n) is 9.08. The highest BCUT2D eigenvalue weighted by Gasteiger charge is 2.13. The van der Waals surface area contributed by atoms with Gasteiger partial charge in [0.2, 0.25) is 0 Å². The molecule has 0 spiro atoms. The third kappa shape index (κ3) is 1.58. The second-order valence-electron chi connectivity index (χ2n) is 3.67. The van der Waals surface area contributed by atoms with Gasteiger partial charge in [0.1, 0.15) is 5.75 Å². The Kier molecular flexibility index (Phi) is 2.62. The molecule has 1 aromatic heterocycles. The van der Waals surface area contributed by atoms with Crippen molar-refractivity contribution in [2.24, 2.45) is 0 Å². The van der Waals surface area contributed by atoms with Crippen molar-refractivity contribution >= 4 is 11.0 Å². The number of rotatable bonds is 3. The predicted molar refractivity (Wildman–Crippen MR) is 59.0 cm³/mol. The molecule has 1 N–H and O–H groups in total. The number of hydrogen-bond acceptors (Lipinski definition) is 3. The zero-order chi connectivity index (χ0) is 10.8. The van der Waals surface area contributed by atoms with Crippen molar-refractivity contribution in [3.05, 3.63) is 23.4 Å². The molecule has 2 aromatic rings. The summed E-state index contributed by atoms with van der Waals surface area (Å²) in [6.45, 7) is 4.12. The summed E-state index contributed by atoms with van der Waals surface area (Å²) in [5.74, 6) is 0.308. The van der Waals surface area contributed by atoms with Gasteiger partial charge in [-0.25, -0.2) is 0 Å². The summed E-state index contributed by atoms with van der Waals surface area (Å²) < 4.78 is 5.29. The number of benzene rings is 1. The number of phenolic OH excluding ortho intramolecular Hbond substituents is 1. The second-order valence-corrected chi connectivity index (χ2v) is 3.67. The highest BCUT2D eigenvalue weighted by Crippen LogP contribution is 2.30. The maximum Gasteiger partial charge on any atom is 0.174 e. The number of phenols is 1. The van der Waals surface area contributed by atoms with Crippen LogP contribution < -0.4 is 0 Å². The maximum atomic E-state index is 9.73. The summed E-state index contributed by atoms with van der Waals surface area (Å²) in [5, 5.41) is 14.8. The highest BCUT2D eigenvalue weighted by molar-refractivity contribution is 5.84. The summed E-state index contributed by atoms with van der Waals surface area (Å²) in [6.07, 6.45) is 2.65. The molecule has 2 rings (SSSR count). The lowest BCUT2D eigenvalue weighted by Crippen LogP contribution is -1.86. The van der Waals surface area contributed by atoms with Crippen LogP contribution in [0.5, 0.6) is 5.75 Å². The Hall–Kier alpha value is -1.51. The van der Waals surface area contributed by atoms with Crippen LogP contribution in [0.2, 0.25) is 0 Å². The van der Waals surface area contributed by atoms with Gasteiger partial charge in [-0.15, -0.1) is 0 Å². The molecule has 0 aliphatic carbocycles. The van der Waals surface area contributed by atoms with Crippen molar-refractivity contribution in [1.29, 1.82) is 0 Å². The fraction of sp³-hybridized carbons (Fsp3) is 0.417. The molecular formula is C12H15NO2. The lowest BCUT2D eigenvalue weighted by atomic mass is 10.0. The summed E-state index contributed by atoms with van der Waals surface area (Å²) in [7, 11) is 0. The normalized spacial score (nSPS) is 11.1. The summed E-state index contributed by atoms with van der Waals surface area (Å²) in [4.78, 5) is 0.